The molecule has 0 amide bonds. The van der Waals surface area contributed by atoms with Gasteiger partial charge >= 0.3 is 0 Å². The predicted octanol–water partition coefficient (Wildman–Crippen LogP) is 6.77. The maximum atomic E-state index is 6.02. The Bertz CT molecular complexity index is 518. The zero-order chi connectivity index (χ0) is 15.5. The van der Waals surface area contributed by atoms with Gasteiger partial charge in [0.2, 0.25) is 0 Å². The molecule has 2 aromatic carbocycles. The van der Waals surface area contributed by atoms with Crippen LogP contribution in [-0.4, -0.2) is 0 Å². The molecule has 2 rings (SSSR count). The third-order valence-corrected chi connectivity index (χ3v) is 3.99. The second kappa shape index (κ2) is 10.0. The lowest BCUT2D eigenvalue weighted by Gasteiger charge is -2.11. The minimum absolute atomic E-state index is 0.912. The van der Waals surface area contributed by atoms with Gasteiger partial charge in [0.1, 0.15) is 11.5 Å². The molecule has 0 radical (unpaired) electrons. The van der Waals surface area contributed by atoms with Crippen molar-refractivity contribution in [1.82, 2.24) is 0 Å². The number of ether oxygens (including phenoxy) is 1. The van der Waals surface area contributed by atoms with E-state index in [4.69, 9.17) is 4.74 Å². The number of hydrogen-bond acceptors (Lipinski definition) is 1. The predicted molar refractivity (Wildman–Crippen MR) is 94.7 cm³/mol. The second-order valence-electron chi connectivity index (χ2n) is 5.89. The van der Waals surface area contributed by atoms with E-state index < -0.39 is 0 Å². The summed E-state index contributed by atoms with van der Waals surface area (Å²) in [6, 6.07) is 18.5. The first-order valence-electron chi connectivity index (χ1n) is 8.71. The Labute approximate surface area is 135 Å². The Balaban J connectivity index is 1.79. The number of benzene rings is 2. The van der Waals surface area contributed by atoms with Crippen LogP contribution < -0.4 is 4.74 Å². The molecule has 1 nitrogen and oxygen atoms in total. The van der Waals surface area contributed by atoms with Crippen LogP contribution in [0, 0.1) is 0 Å². The number of para-hydroxylation sites is 2. The zero-order valence-corrected chi connectivity index (χ0v) is 13.8. The maximum Gasteiger partial charge on any atom is 0.130 e. The van der Waals surface area contributed by atoms with E-state index in [9.17, 15) is 0 Å². The SMILES string of the molecule is CCCCCCCCCc1ccccc1Oc1ccccc1. The average molecular weight is 296 g/mol. The van der Waals surface area contributed by atoms with Crippen molar-refractivity contribution in [3.05, 3.63) is 60.2 Å². The molecule has 0 fully saturated rings. The van der Waals surface area contributed by atoms with Gasteiger partial charge in [-0.25, -0.2) is 0 Å². The highest BCUT2D eigenvalue weighted by atomic mass is 16.5. The average Bonchev–Trinajstić information content (AvgIpc) is 2.56. The van der Waals surface area contributed by atoms with Crippen LogP contribution in [0.1, 0.15) is 57.4 Å². The molecule has 0 saturated carbocycles. The number of hydrogen-bond donors (Lipinski definition) is 0. The van der Waals surface area contributed by atoms with Crippen LogP contribution in [0.5, 0.6) is 11.5 Å². The topological polar surface area (TPSA) is 9.23 Å². The molecular weight excluding hydrogens is 268 g/mol. The lowest BCUT2D eigenvalue weighted by molar-refractivity contribution is 0.474. The summed E-state index contributed by atoms with van der Waals surface area (Å²) in [5.41, 5.74) is 1.32. The molecule has 0 heterocycles. The first kappa shape index (κ1) is 16.6. The molecule has 0 atom stereocenters. The van der Waals surface area contributed by atoms with Gasteiger partial charge in [0.25, 0.3) is 0 Å². The van der Waals surface area contributed by atoms with E-state index in [0.29, 0.717) is 0 Å². The van der Waals surface area contributed by atoms with Crippen molar-refractivity contribution in [3.63, 3.8) is 0 Å². The summed E-state index contributed by atoms with van der Waals surface area (Å²) in [6.45, 7) is 2.27. The smallest absolute Gasteiger partial charge is 0.130 e. The minimum atomic E-state index is 0.912. The quantitative estimate of drug-likeness (QED) is 0.439. The van der Waals surface area contributed by atoms with Crippen molar-refractivity contribution >= 4 is 0 Å². The lowest BCUT2D eigenvalue weighted by atomic mass is 10.0. The Hall–Kier alpha value is -1.76. The zero-order valence-electron chi connectivity index (χ0n) is 13.8. The Morgan fingerprint density at radius 2 is 1.32 bits per heavy atom. The summed E-state index contributed by atoms with van der Waals surface area (Å²) in [5.74, 6) is 1.91. The maximum absolute atomic E-state index is 6.02. The van der Waals surface area contributed by atoms with Crippen molar-refractivity contribution in [2.24, 2.45) is 0 Å². The number of unbranched alkanes of at least 4 members (excludes halogenated alkanes) is 6. The normalized spacial score (nSPS) is 10.6. The van der Waals surface area contributed by atoms with E-state index in [1.807, 2.05) is 36.4 Å². The standard InChI is InChI=1S/C21H28O/c1-2-3-4-5-6-7-9-14-19-15-12-13-18-21(19)22-20-16-10-8-11-17-20/h8,10-13,15-18H,2-7,9,14H2,1H3. The van der Waals surface area contributed by atoms with Gasteiger partial charge in [-0.1, -0.05) is 81.8 Å². The van der Waals surface area contributed by atoms with E-state index in [0.717, 1.165) is 17.9 Å². The van der Waals surface area contributed by atoms with Crippen molar-refractivity contribution in [2.45, 2.75) is 58.3 Å². The van der Waals surface area contributed by atoms with Crippen LogP contribution in [0.2, 0.25) is 0 Å². The summed E-state index contributed by atoms with van der Waals surface area (Å²) in [7, 11) is 0. The molecule has 0 aliphatic carbocycles. The van der Waals surface area contributed by atoms with Crippen LogP contribution in [-0.2, 0) is 6.42 Å². The third-order valence-electron chi connectivity index (χ3n) is 3.99. The van der Waals surface area contributed by atoms with Crippen LogP contribution in [0.25, 0.3) is 0 Å². The van der Waals surface area contributed by atoms with Crippen molar-refractivity contribution < 1.29 is 4.74 Å². The third kappa shape index (κ3) is 5.93. The van der Waals surface area contributed by atoms with Crippen LogP contribution in [0.15, 0.2) is 54.6 Å². The molecule has 0 aromatic heterocycles. The summed E-state index contributed by atoms with van der Waals surface area (Å²) in [5, 5.41) is 0. The first-order valence-corrected chi connectivity index (χ1v) is 8.71. The molecule has 2 aromatic rings. The van der Waals surface area contributed by atoms with Gasteiger partial charge in [0, 0.05) is 0 Å². The van der Waals surface area contributed by atoms with E-state index in [-0.39, 0.29) is 0 Å². The monoisotopic (exact) mass is 296 g/mol. The second-order valence-corrected chi connectivity index (χ2v) is 5.89. The molecule has 0 N–H and O–H groups in total. The molecule has 0 spiro atoms. The fourth-order valence-corrected chi connectivity index (χ4v) is 2.70. The molecule has 0 unspecified atom stereocenters. The van der Waals surface area contributed by atoms with Crippen LogP contribution >= 0.6 is 0 Å². The van der Waals surface area contributed by atoms with Crippen molar-refractivity contribution in [1.29, 1.82) is 0 Å². The molecule has 0 aliphatic heterocycles. The van der Waals surface area contributed by atoms with Crippen molar-refractivity contribution in [2.75, 3.05) is 0 Å². The van der Waals surface area contributed by atoms with Gasteiger partial charge in [-0.2, -0.15) is 0 Å². The molecule has 118 valence electrons. The van der Waals surface area contributed by atoms with Crippen LogP contribution in [0.3, 0.4) is 0 Å². The molecule has 0 saturated heterocycles. The summed E-state index contributed by atoms with van der Waals surface area (Å²) >= 11 is 0. The van der Waals surface area contributed by atoms with Gasteiger partial charge in [0.05, 0.1) is 0 Å². The Kier molecular flexibility index (Phi) is 7.59. The first-order chi connectivity index (χ1) is 10.9. The molecule has 1 heteroatoms. The number of aryl methyl sites for hydroxylation is 1. The van der Waals surface area contributed by atoms with E-state index in [2.05, 4.69) is 25.1 Å². The molecule has 0 bridgehead atoms. The van der Waals surface area contributed by atoms with Gasteiger partial charge in [-0.15, -0.1) is 0 Å². The minimum Gasteiger partial charge on any atom is -0.457 e. The Morgan fingerprint density at radius 3 is 2.09 bits per heavy atom. The highest BCUT2D eigenvalue weighted by Gasteiger charge is 2.04. The largest absolute Gasteiger partial charge is 0.457 e. The Morgan fingerprint density at radius 1 is 0.682 bits per heavy atom. The fourth-order valence-electron chi connectivity index (χ4n) is 2.70. The molecular formula is C21H28O. The lowest BCUT2D eigenvalue weighted by Crippen LogP contribution is -1.92. The molecule has 0 aliphatic rings. The summed E-state index contributed by atoms with van der Waals surface area (Å²) < 4.78 is 6.02. The van der Waals surface area contributed by atoms with Gasteiger partial charge in [-0.3, -0.25) is 0 Å². The van der Waals surface area contributed by atoms with Gasteiger partial charge in [-0.05, 0) is 36.6 Å². The fraction of sp³-hybridized carbons (Fsp3) is 0.429. The summed E-state index contributed by atoms with van der Waals surface area (Å²) in [4.78, 5) is 0. The van der Waals surface area contributed by atoms with Gasteiger partial charge < -0.3 is 4.74 Å². The summed E-state index contributed by atoms with van der Waals surface area (Å²) in [6.07, 6.45) is 10.5. The van der Waals surface area contributed by atoms with Crippen LogP contribution in [0.4, 0.5) is 0 Å². The number of rotatable bonds is 10. The van der Waals surface area contributed by atoms with Crippen molar-refractivity contribution in [3.8, 4) is 11.5 Å². The van der Waals surface area contributed by atoms with E-state index >= 15 is 0 Å². The van der Waals surface area contributed by atoms with E-state index in [1.54, 1.807) is 0 Å². The highest BCUT2D eigenvalue weighted by molar-refractivity contribution is 5.37. The molecule has 22 heavy (non-hydrogen) atoms. The van der Waals surface area contributed by atoms with Gasteiger partial charge in [0.15, 0.2) is 0 Å². The van der Waals surface area contributed by atoms with E-state index in [1.165, 1.54) is 50.5 Å². The highest BCUT2D eigenvalue weighted by Crippen LogP contribution is 2.26.